The van der Waals surface area contributed by atoms with Crippen molar-refractivity contribution in [2.24, 2.45) is 17.2 Å². The van der Waals surface area contributed by atoms with E-state index < -0.39 is 91.2 Å². The van der Waals surface area contributed by atoms with Crippen LogP contribution in [-0.2, 0) is 18.9 Å². The van der Waals surface area contributed by atoms with Crippen molar-refractivity contribution < 1.29 is 49.6 Å². The number of ether oxygens (including phenoxy) is 4. The maximum Gasteiger partial charge on any atom is 0.185 e. The summed E-state index contributed by atoms with van der Waals surface area (Å²) >= 11 is 0. The molecule has 14 heteroatoms. The third-order valence-electron chi connectivity index (χ3n) is 6.95. The van der Waals surface area contributed by atoms with Crippen LogP contribution in [0.2, 0.25) is 0 Å². The molecule has 2 saturated heterocycles. The second kappa shape index (κ2) is 10.8. The lowest BCUT2D eigenvalue weighted by Gasteiger charge is -2.49. The molecule has 13 N–H and O–H groups in total. The van der Waals surface area contributed by atoms with Crippen molar-refractivity contribution in [2.75, 3.05) is 13.7 Å². The quantitative estimate of drug-likeness (QED) is 0.165. The molecule has 14 nitrogen and oxygen atoms in total. The van der Waals surface area contributed by atoms with Gasteiger partial charge in [0.15, 0.2) is 12.6 Å². The van der Waals surface area contributed by atoms with Crippen LogP contribution in [0.3, 0.4) is 0 Å². The van der Waals surface area contributed by atoms with E-state index in [4.69, 9.17) is 36.1 Å². The van der Waals surface area contributed by atoms with E-state index in [0.717, 1.165) is 0 Å². The van der Waals surface area contributed by atoms with Gasteiger partial charge in [-0.2, -0.15) is 0 Å². The number of nitrogens with two attached hydrogens (primary N) is 3. The average molecular weight is 497 g/mol. The Kier molecular flexibility index (Phi) is 8.92. The van der Waals surface area contributed by atoms with Crippen molar-refractivity contribution in [1.82, 2.24) is 5.32 Å². The van der Waals surface area contributed by atoms with Crippen LogP contribution in [0.25, 0.3) is 0 Å². The molecular weight excluding hydrogens is 456 g/mol. The monoisotopic (exact) mass is 496 g/mol. The van der Waals surface area contributed by atoms with Gasteiger partial charge < -0.3 is 72.1 Å². The lowest BCUT2D eigenvalue weighted by atomic mass is 9.84. The van der Waals surface area contributed by atoms with Crippen LogP contribution in [0.15, 0.2) is 0 Å². The van der Waals surface area contributed by atoms with E-state index >= 15 is 0 Å². The number of aliphatic hydroxyl groups excluding tert-OH is 5. The highest BCUT2D eigenvalue weighted by Gasteiger charge is 2.52. The maximum atomic E-state index is 11.1. The highest BCUT2D eigenvalue weighted by atomic mass is 16.7. The molecule has 200 valence electrons. The molecule has 1 saturated carbocycles. The van der Waals surface area contributed by atoms with E-state index in [1.54, 1.807) is 7.05 Å². The van der Waals surface area contributed by atoms with Gasteiger partial charge in [-0.1, -0.05) is 0 Å². The highest BCUT2D eigenvalue weighted by molar-refractivity contribution is 5.02. The topological polar surface area (TPSA) is 248 Å². The van der Waals surface area contributed by atoms with Crippen molar-refractivity contribution >= 4 is 0 Å². The molecule has 3 rings (SSSR count). The predicted octanol–water partition coefficient (Wildman–Crippen LogP) is -5.61. The van der Waals surface area contributed by atoms with Crippen molar-refractivity contribution in [2.45, 2.75) is 111 Å². The van der Waals surface area contributed by atoms with Crippen LogP contribution in [0.1, 0.15) is 20.3 Å². The number of nitrogens with one attached hydrogen (secondary N) is 1. The Labute approximate surface area is 197 Å². The van der Waals surface area contributed by atoms with Gasteiger partial charge in [0.2, 0.25) is 0 Å². The third-order valence-corrected chi connectivity index (χ3v) is 6.95. The zero-order valence-corrected chi connectivity index (χ0v) is 19.5. The van der Waals surface area contributed by atoms with E-state index in [9.17, 15) is 30.6 Å². The van der Waals surface area contributed by atoms with Gasteiger partial charge in [-0.25, -0.2) is 0 Å². The number of rotatable bonds is 6. The molecule has 6 unspecified atom stereocenters. The molecule has 0 aromatic carbocycles. The first-order valence-electron chi connectivity index (χ1n) is 11.4. The lowest BCUT2D eigenvalue weighted by Crippen LogP contribution is -2.69. The van der Waals surface area contributed by atoms with Gasteiger partial charge >= 0.3 is 0 Å². The maximum absolute atomic E-state index is 11.1. The molecule has 0 spiro atoms. The summed E-state index contributed by atoms with van der Waals surface area (Å²) in [5, 5.41) is 65.2. The minimum absolute atomic E-state index is 0.135. The fourth-order valence-electron chi connectivity index (χ4n) is 4.95. The minimum atomic E-state index is -1.46. The fraction of sp³-hybridized carbons (Fsp3) is 1.00. The number of likely N-dealkylation sites (N-methyl/N-ethyl adjacent to an activating group) is 1. The van der Waals surface area contributed by atoms with Crippen molar-refractivity contribution in [3.05, 3.63) is 0 Å². The van der Waals surface area contributed by atoms with E-state index in [2.05, 4.69) is 5.32 Å². The first kappa shape index (κ1) is 28.0. The molecule has 0 aromatic heterocycles. The average Bonchev–Trinajstić information content (AvgIpc) is 2.75. The standard InChI is InChI=1S/C20H40N4O10/c1-6(25)14-11(27)10(26)9(23)18(32-14)33-15-7(21)4-8(22)16(12(15)28)34-19-13(29)17(24-3)20(2,30)5-31-19/h6-19,24-30H,4-5,21-23H2,1-3H3/t6-,7?,8-,9?,10-,11+,12+,13-,14?,15-,16?,17?,18-,19?,20+/m1/s1. The van der Waals surface area contributed by atoms with Crippen LogP contribution >= 0.6 is 0 Å². The van der Waals surface area contributed by atoms with E-state index in [1.165, 1.54) is 13.8 Å². The molecule has 0 aromatic rings. The second-order valence-electron chi connectivity index (χ2n) is 9.82. The van der Waals surface area contributed by atoms with Crippen LogP contribution in [0.4, 0.5) is 0 Å². The van der Waals surface area contributed by atoms with Crippen molar-refractivity contribution in [1.29, 1.82) is 0 Å². The molecule has 0 radical (unpaired) electrons. The molecule has 0 bridgehead atoms. The highest BCUT2D eigenvalue weighted by Crippen LogP contribution is 2.32. The Morgan fingerprint density at radius 3 is 2.03 bits per heavy atom. The molecular formula is C20H40N4O10. The first-order valence-corrected chi connectivity index (χ1v) is 11.4. The van der Waals surface area contributed by atoms with Crippen molar-refractivity contribution in [3.8, 4) is 0 Å². The van der Waals surface area contributed by atoms with Crippen LogP contribution in [-0.4, -0.2) is 135 Å². The first-order chi connectivity index (χ1) is 15.8. The Hall–Kier alpha value is -0.560. The summed E-state index contributed by atoms with van der Waals surface area (Å²) in [5.41, 5.74) is 17.0. The number of aliphatic hydroxyl groups is 6. The Morgan fingerprint density at radius 2 is 1.50 bits per heavy atom. The van der Waals surface area contributed by atoms with Crippen LogP contribution < -0.4 is 22.5 Å². The molecule has 15 atom stereocenters. The van der Waals surface area contributed by atoms with Crippen LogP contribution in [0.5, 0.6) is 0 Å². The molecule has 3 fully saturated rings. The van der Waals surface area contributed by atoms with Gasteiger partial charge in [-0.15, -0.1) is 0 Å². The molecule has 2 aliphatic heterocycles. The van der Waals surface area contributed by atoms with Gasteiger partial charge in [0.25, 0.3) is 0 Å². The molecule has 2 heterocycles. The molecule has 0 amide bonds. The van der Waals surface area contributed by atoms with Gasteiger partial charge in [-0.3, -0.25) is 0 Å². The zero-order chi connectivity index (χ0) is 25.5. The Morgan fingerprint density at radius 1 is 0.941 bits per heavy atom. The van der Waals surface area contributed by atoms with Crippen molar-refractivity contribution in [3.63, 3.8) is 0 Å². The summed E-state index contributed by atoms with van der Waals surface area (Å²) in [6.45, 7) is 2.75. The second-order valence-corrected chi connectivity index (χ2v) is 9.82. The lowest BCUT2D eigenvalue weighted by molar-refractivity contribution is -0.319. The summed E-state index contributed by atoms with van der Waals surface area (Å²) in [7, 11) is 1.58. The smallest absolute Gasteiger partial charge is 0.185 e. The van der Waals surface area contributed by atoms with Crippen LogP contribution in [0, 0.1) is 0 Å². The molecule has 1 aliphatic carbocycles. The number of hydrogen-bond acceptors (Lipinski definition) is 14. The number of hydrogen-bond donors (Lipinski definition) is 10. The van der Waals surface area contributed by atoms with Gasteiger partial charge in [0, 0.05) is 12.1 Å². The molecule has 34 heavy (non-hydrogen) atoms. The summed E-state index contributed by atoms with van der Waals surface area (Å²) in [5.74, 6) is 0. The van der Waals surface area contributed by atoms with E-state index in [-0.39, 0.29) is 13.0 Å². The SMILES string of the molecule is CNC1[C@@H](O)C(OC2[C@H](N)CC(N)[C@@H](O[C@H]3OC([C@@H](C)O)[C@@H](O)[C@H](O)C3N)[C@@H]2O)OC[C@]1(C)O. The minimum Gasteiger partial charge on any atom is -0.391 e. The predicted molar refractivity (Wildman–Crippen MR) is 116 cm³/mol. The van der Waals surface area contributed by atoms with E-state index in [1.807, 2.05) is 0 Å². The van der Waals surface area contributed by atoms with Gasteiger partial charge in [-0.05, 0) is 27.3 Å². The summed E-state index contributed by atoms with van der Waals surface area (Å²) in [6.07, 6.45) is -12.4. The molecule has 3 aliphatic rings. The largest absolute Gasteiger partial charge is 0.391 e. The Bertz CT molecular complexity index is 675. The fourth-order valence-corrected chi connectivity index (χ4v) is 4.95. The van der Waals surface area contributed by atoms with Gasteiger partial charge in [0.1, 0.15) is 48.3 Å². The van der Waals surface area contributed by atoms with E-state index in [0.29, 0.717) is 0 Å². The third kappa shape index (κ3) is 5.40. The summed E-state index contributed by atoms with van der Waals surface area (Å²) in [4.78, 5) is 0. The normalized spacial score (nSPS) is 53.5. The summed E-state index contributed by atoms with van der Waals surface area (Å²) < 4.78 is 22.8. The Balaban J connectivity index is 1.73. The van der Waals surface area contributed by atoms with Gasteiger partial charge in [0.05, 0.1) is 24.8 Å². The summed E-state index contributed by atoms with van der Waals surface area (Å²) in [6, 6.07) is -3.47. The zero-order valence-electron chi connectivity index (χ0n) is 19.5.